The number of nitrogens with zero attached hydrogens (tertiary/aromatic N) is 5. The third-order valence-corrected chi connectivity index (χ3v) is 5.14. The molecule has 1 aliphatic heterocycles. The molecule has 2 aromatic rings. The van der Waals surface area contributed by atoms with E-state index >= 15 is 0 Å². The van der Waals surface area contributed by atoms with E-state index in [1.165, 1.54) is 12.1 Å². The molecule has 0 aliphatic carbocycles. The lowest BCUT2D eigenvalue weighted by molar-refractivity contribution is -0.384. The molecule has 1 aromatic heterocycles. The van der Waals surface area contributed by atoms with Gasteiger partial charge in [0.25, 0.3) is 5.69 Å². The van der Waals surface area contributed by atoms with E-state index in [0.717, 1.165) is 12.3 Å². The van der Waals surface area contributed by atoms with Gasteiger partial charge in [0.05, 0.1) is 9.82 Å². The topological polar surface area (TPSA) is 110 Å². The third-order valence-electron chi connectivity index (χ3n) is 4.03. The number of anilines is 2. The summed E-state index contributed by atoms with van der Waals surface area (Å²) in [5.74, 6) is 0.629. The maximum Gasteiger partial charge on any atom is 0.293 e. The van der Waals surface area contributed by atoms with E-state index in [-0.39, 0.29) is 10.6 Å². The van der Waals surface area contributed by atoms with Gasteiger partial charge in [-0.15, -0.1) is 0 Å². The molecule has 1 saturated heterocycles. The highest BCUT2D eigenvalue weighted by Gasteiger charge is 2.26. The summed E-state index contributed by atoms with van der Waals surface area (Å²) in [6.45, 7) is 2.35. The van der Waals surface area contributed by atoms with Crippen LogP contribution >= 0.6 is 0 Å². The van der Waals surface area contributed by atoms with E-state index in [2.05, 4.69) is 9.97 Å². The number of nitro groups is 1. The molecule has 3 rings (SSSR count). The highest BCUT2D eigenvalue weighted by atomic mass is 32.2. The van der Waals surface area contributed by atoms with Crippen molar-refractivity contribution < 1.29 is 13.3 Å². The monoisotopic (exact) mass is 363 g/mol. The summed E-state index contributed by atoms with van der Waals surface area (Å²) in [7, 11) is -3.50. The Bertz CT molecular complexity index is 880. The Morgan fingerprint density at radius 1 is 1.08 bits per heavy atom. The van der Waals surface area contributed by atoms with Crippen LogP contribution in [0.1, 0.15) is 0 Å². The van der Waals surface area contributed by atoms with E-state index < -0.39 is 14.8 Å². The Hall–Kier alpha value is -2.75. The maximum absolute atomic E-state index is 11.6. The number of benzene rings is 1. The molecular weight excluding hydrogens is 346 g/mol. The zero-order valence-electron chi connectivity index (χ0n) is 13.6. The van der Waals surface area contributed by atoms with E-state index in [4.69, 9.17) is 0 Å². The maximum atomic E-state index is 11.6. The molecular formula is C15H17N5O4S. The van der Waals surface area contributed by atoms with Crippen molar-refractivity contribution in [2.24, 2.45) is 0 Å². The molecule has 2 heterocycles. The van der Waals surface area contributed by atoms with Gasteiger partial charge < -0.3 is 9.80 Å². The molecule has 0 bridgehead atoms. The Morgan fingerprint density at radius 3 is 2.24 bits per heavy atom. The van der Waals surface area contributed by atoms with Crippen molar-refractivity contribution in [3.05, 3.63) is 46.8 Å². The van der Waals surface area contributed by atoms with E-state index in [1.807, 2.05) is 9.80 Å². The predicted molar refractivity (Wildman–Crippen MR) is 92.7 cm³/mol. The second-order valence-corrected chi connectivity index (χ2v) is 7.72. The summed E-state index contributed by atoms with van der Waals surface area (Å²) < 4.78 is 23.3. The van der Waals surface area contributed by atoms with Crippen LogP contribution in [0.3, 0.4) is 0 Å². The Kier molecular flexibility index (Phi) is 4.53. The summed E-state index contributed by atoms with van der Waals surface area (Å²) in [4.78, 5) is 23.1. The first-order chi connectivity index (χ1) is 11.9. The number of aromatic nitrogens is 2. The molecule has 1 aliphatic rings. The number of hydrogen-bond donors (Lipinski definition) is 0. The zero-order chi connectivity index (χ0) is 18.0. The zero-order valence-corrected chi connectivity index (χ0v) is 14.4. The van der Waals surface area contributed by atoms with Gasteiger partial charge in [-0.25, -0.2) is 18.4 Å². The largest absolute Gasteiger partial charge is 0.362 e. The van der Waals surface area contributed by atoms with Gasteiger partial charge in [-0.1, -0.05) is 0 Å². The fraction of sp³-hybridized carbons (Fsp3) is 0.333. The van der Waals surface area contributed by atoms with Gasteiger partial charge >= 0.3 is 0 Å². The quantitative estimate of drug-likeness (QED) is 0.587. The molecule has 132 valence electrons. The van der Waals surface area contributed by atoms with E-state index in [9.17, 15) is 18.5 Å². The molecule has 0 atom stereocenters. The van der Waals surface area contributed by atoms with Crippen LogP contribution in [0.15, 0.2) is 41.6 Å². The van der Waals surface area contributed by atoms with Crippen LogP contribution in [0, 0.1) is 10.1 Å². The van der Waals surface area contributed by atoms with Crippen molar-refractivity contribution in [1.29, 1.82) is 0 Å². The molecule has 25 heavy (non-hydrogen) atoms. The van der Waals surface area contributed by atoms with Crippen LogP contribution in [-0.2, 0) is 9.84 Å². The normalized spacial score (nSPS) is 15.2. The molecule has 0 saturated carbocycles. The minimum Gasteiger partial charge on any atom is -0.362 e. The number of sulfone groups is 1. The molecule has 0 amide bonds. The molecule has 1 aromatic carbocycles. The summed E-state index contributed by atoms with van der Waals surface area (Å²) in [5, 5.41) is 11.4. The predicted octanol–water partition coefficient (Wildman–Crippen LogP) is 1.11. The fourth-order valence-electron chi connectivity index (χ4n) is 2.75. The molecule has 0 radical (unpaired) electrons. The highest BCUT2D eigenvalue weighted by Crippen LogP contribution is 2.31. The van der Waals surface area contributed by atoms with Gasteiger partial charge in [-0.3, -0.25) is 10.1 Å². The average molecular weight is 363 g/mol. The first kappa shape index (κ1) is 17.1. The Morgan fingerprint density at radius 2 is 1.68 bits per heavy atom. The van der Waals surface area contributed by atoms with Crippen LogP contribution in [0.5, 0.6) is 0 Å². The van der Waals surface area contributed by atoms with Crippen molar-refractivity contribution in [3.63, 3.8) is 0 Å². The number of piperazine rings is 1. The second kappa shape index (κ2) is 6.63. The molecule has 1 fully saturated rings. The smallest absolute Gasteiger partial charge is 0.293 e. The van der Waals surface area contributed by atoms with Crippen LogP contribution in [0.2, 0.25) is 0 Å². The van der Waals surface area contributed by atoms with Crippen LogP contribution < -0.4 is 9.80 Å². The number of rotatable bonds is 4. The minimum atomic E-state index is -3.50. The molecule has 0 N–H and O–H groups in total. The molecule has 9 nitrogen and oxygen atoms in total. The average Bonchev–Trinajstić information content (AvgIpc) is 2.61. The number of hydrogen-bond acceptors (Lipinski definition) is 8. The van der Waals surface area contributed by atoms with Gasteiger partial charge in [-0.05, 0) is 18.2 Å². The van der Waals surface area contributed by atoms with Crippen LogP contribution in [-0.4, -0.2) is 55.7 Å². The highest BCUT2D eigenvalue weighted by molar-refractivity contribution is 7.90. The summed E-state index contributed by atoms with van der Waals surface area (Å²) in [6, 6.07) is 5.78. The Labute approximate surface area is 145 Å². The van der Waals surface area contributed by atoms with Crippen molar-refractivity contribution in [2.45, 2.75) is 4.90 Å². The van der Waals surface area contributed by atoms with Gasteiger partial charge in [0.2, 0.25) is 5.95 Å². The summed E-state index contributed by atoms with van der Waals surface area (Å²) >= 11 is 0. The van der Waals surface area contributed by atoms with Crippen molar-refractivity contribution in [2.75, 3.05) is 42.2 Å². The minimum absolute atomic E-state index is 0.0562. The second-order valence-electron chi connectivity index (χ2n) is 5.70. The van der Waals surface area contributed by atoms with Crippen molar-refractivity contribution >= 4 is 27.2 Å². The standard InChI is InChI=1S/C15H17N5O4S/c1-25(23,24)12-3-4-13(14(11-12)20(21)22)18-7-9-19(10-8-18)15-16-5-2-6-17-15/h2-6,11H,7-10H2,1H3. The molecule has 0 unspecified atom stereocenters. The van der Waals surface area contributed by atoms with E-state index in [0.29, 0.717) is 37.8 Å². The summed E-state index contributed by atoms with van der Waals surface area (Å²) in [5.41, 5.74) is 0.221. The molecule has 10 heteroatoms. The third kappa shape index (κ3) is 3.68. The lowest BCUT2D eigenvalue weighted by Crippen LogP contribution is -2.47. The van der Waals surface area contributed by atoms with Crippen LogP contribution in [0.25, 0.3) is 0 Å². The van der Waals surface area contributed by atoms with Crippen molar-refractivity contribution in [3.8, 4) is 0 Å². The van der Waals surface area contributed by atoms with Gasteiger partial charge in [0.1, 0.15) is 5.69 Å². The fourth-order valence-corrected chi connectivity index (χ4v) is 3.39. The van der Waals surface area contributed by atoms with E-state index in [1.54, 1.807) is 18.5 Å². The van der Waals surface area contributed by atoms with Crippen LogP contribution in [0.4, 0.5) is 17.3 Å². The first-order valence-corrected chi connectivity index (χ1v) is 9.51. The first-order valence-electron chi connectivity index (χ1n) is 7.61. The lowest BCUT2D eigenvalue weighted by Gasteiger charge is -2.35. The SMILES string of the molecule is CS(=O)(=O)c1ccc(N2CCN(c3ncccn3)CC2)c([N+](=O)[O-])c1. The number of nitro benzene ring substituents is 1. The lowest BCUT2D eigenvalue weighted by atomic mass is 10.2. The summed E-state index contributed by atoms with van der Waals surface area (Å²) in [6.07, 6.45) is 4.37. The van der Waals surface area contributed by atoms with Gasteiger partial charge in [0, 0.05) is 50.9 Å². The Balaban J connectivity index is 1.82. The van der Waals surface area contributed by atoms with Gasteiger partial charge in [0.15, 0.2) is 9.84 Å². The van der Waals surface area contributed by atoms with Crippen molar-refractivity contribution in [1.82, 2.24) is 9.97 Å². The molecule has 0 spiro atoms. The van der Waals surface area contributed by atoms with Gasteiger partial charge in [-0.2, -0.15) is 0 Å².